The van der Waals surface area contributed by atoms with E-state index in [0.29, 0.717) is 39.2 Å². The number of carbonyl (C=O) groups excluding carboxylic acids is 2. The molecule has 0 N–H and O–H groups in total. The summed E-state index contributed by atoms with van der Waals surface area (Å²) in [7, 11) is 3.16. The second-order valence-electron chi connectivity index (χ2n) is 9.31. The first-order chi connectivity index (χ1) is 17.2. The molecule has 0 bridgehead atoms. The van der Waals surface area contributed by atoms with Crippen LogP contribution in [-0.2, 0) is 19.1 Å². The van der Waals surface area contributed by atoms with Crippen LogP contribution in [0.25, 0.3) is 32.6 Å². The van der Waals surface area contributed by atoms with Gasteiger partial charge in [0.05, 0.1) is 41.6 Å². The lowest BCUT2D eigenvalue weighted by Gasteiger charge is -2.43. The number of hydrogen-bond acceptors (Lipinski definition) is 8. The summed E-state index contributed by atoms with van der Waals surface area (Å²) in [6, 6.07) is 13.6. The molecule has 2 heterocycles. The van der Waals surface area contributed by atoms with Crippen molar-refractivity contribution >= 4 is 44.5 Å². The van der Waals surface area contributed by atoms with Gasteiger partial charge in [-0.1, -0.05) is 30.3 Å². The van der Waals surface area contributed by atoms with Gasteiger partial charge in [0.25, 0.3) is 0 Å². The molecule has 0 amide bonds. The number of nitrogens with zero attached hydrogens (tertiary/aromatic N) is 1. The van der Waals surface area contributed by atoms with Crippen molar-refractivity contribution in [3.05, 3.63) is 48.0 Å². The van der Waals surface area contributed by atoms with Gasteiger partial charge in [0.1, 0.15) is 22.8 Å². The van der Waals surface area contributed by atoms with Crippen LogP contribution in [0.4, 0.5) is 0 Å². The number of benzene rings is 3. The molecule has 1 aromatic heterocycles. The fourth-order valence-corrected chi connectivity index (χ4v) is 5.07. The van der Waals surface area contributed by atoms with Gasteiger partial charge in [-0.2, -0.15) is 0 Å². The van der Waals surface area contributed by atoms with Gasteiger partial charge in [-0.15, -0.1) is 0 Å². The maximum Gasteiger partial charge on any atom is 0.303 e. The van der Waals surface area contributed by atoms with Crippen LogP contribution in [-0.4, -0.2) is 42.8 Å². The summed E-state index contributed by atoms with van der Waals surface area (Å²) in [5.41, 5.74) is 0.640. The molecule has 2 atom stereocenters. The summed E-state index contributed by atoms with van der Waals surface area (Å²) < 4.78 is 29.5. The molecule has 0 aliphatic carbocycles. The Labute approximate surface area is 208 Å². The molecule has 8 nitrogen and oxygen atoms in total. The van der Waals surface area contributed by atoms with E-state index in [1.54, 1.807) is 34.1 Å². The van der Waals surface area contributed by atoms with E-state index in [1.807, 2.05) is 36.4 Å². The van der Waals surface area contributed by atoms with Gasteiger partial charge < -0.3 is 23.7 Å². The van der Waals surface area contributed by atoms with Crippen molar-refractivity contribution in [1.29, 1.82) is 0 Å². The van der Waals surface area contributed by atoms with E-state index in [1.165, 1.54) is 13.8 Å². The Morgan fingerprint density at radius 3 is 2.33 bits per heavy atom. The van der Waals surface area contributed by atoms with Crippen molar-refractivity contribution < 1.29 is 33.3 Å². The molecule has 3 aromatic carbocycles. The lowest BCUT2D eigenvalue weighted by molar-refractivity contribution is -0.187. The van der Waals surface area contributed by atoms with Gasteiger partial charge in [0.15, 0.2) is 12.2 Å². The topological polar surface area (TPSA) is 93.2 Å². The highest BCUT2D eigenvalue weighted by Gasteiger charge is 2.50. The molecule has 1 aliphatic heterocycles. The molecular formula is C28H27NO7. The summed E-state index contributed by atoms with van der Waals surface area (Å²) in [4.78, 5) is 29.3. The minimum absolute atomic E-state index is 0.425. The van der Waals surface area contributed by atoms with Gasteiger partial charge in [-0.05, 0) is 30.7 Å². The van der Waals surface area contributed by atoms with E-state index in [2.05, 4.69) is 0 Å². The number of aromatic nitrogens is 1. The lowest BCUT2D eigenvalue weighted by Crippen LogP contribution is -2.52. The molecule has 0 radical (unpaired) electrons. The van der Waals surface area contributed by atoms with Gasteiger partial charge in [-0.25, -0.2) is 4.98 Å². The van der Waals surface area contributed by atoms with Crippen LogP contribution in [0.1, 0.15) is 39.4 Å². The average Bonchev–Trinajstić information content (AvgIpc) is 2.83. The van der Waals surface area contributed by atoms with E-state index in [4.69, 9.17) is 28.7 Å². The number of rotatable bonds is 4. The van der Waals surface area contributed by atoms with Gasteiger partial charge >= 0.3 is 11.9 Å². The van der Waals surface area contributed by atoms with E-state index in [9.17, 15) is 9.59 Å². The Hall–Kier alpha value is -4.07. The van der Waals surface area contributed by atoms with E-state index in [-0.39, 0.29) is 0 Å². The van der Waals surface area contributed by atoms with E-state index in [0.717, 1.165) is 16.2 Å². The summed E-state index contributed by atoms with van der Waals surface area (Å²) in [5.74, 6) is 0.447. The highest BCUT2D eigenvalue weighted by atomic mass is 16.6. The molecule has 0 saturated carbocycles. The molecule has 5 rings (SSSR count). The third-order valence-corrected chi connectivity index (χ3v) is 6.49. The summed E-state index contributed by atoms with van der Waals surface area (Å²) in [5, 5.41) is 3.45. The quantitative estimate of drug-likeness (QED) is 0.218. The SMILES string of the molecule is COc1cc2c(c3nc4ccc5ccccc5c4c(OC)c13)[C@@H](OC(C)=O)[C@@H](OC(C)=O)C(C)(C)O2. The second-order valence-corrected chi connectivity index (χ2v) is 9.31. The standard InChI is InChI=1S/C28H27NO7/c1-14(30)34-26-23-20(36-28(3,4)27(26)35-15(2)31)13-19(32-5)22-24(23)29-18-12-11-16-9-7-8-10-17(16)21(18)25(22)33-6/h7-13,26-27H,1-6H3/t26-,27-/m1/s1. The number of fused-ring (bicyclic) bond motifs is 6. The number of hydrogen-bond donors (Lipinski definition) is 0. The number of methoxy groups -OCH3 is 2. The zero-order chi connectivity index (χ0) is 25.8. The molecule has 0 unspecified atom stereocenters. The van der Waals surface area contributed by atoms with Crippen LogP contribution in [0.2, 0.25) is 0 Å². The summed E-state index contributed by atoms with van der Waals surface area (Å²) in [6.45, 7) is 6.17. The first-order valence-corrected chi connectivity index (χ1v) is 11.6. The van der Waals surface area contributed by atoms with Crippen LogP contribution in [0.3, 0.4) is 0 Å². The molecule has 36 heavy (non-hydrogen) atoms. The molecular weight excluding hydrogens is 462 g/mol. The molecule has 8 heteroatoms. The van der Waals surface area contributed by atoms with Crippen LogP contribution in [0.5, 0.6) is 17.2 Å². The minimum Gasteiger partial charge on any atom is -0.496 e. The minimum atomic E-state index is -1.01. The average molecular weight is 490 g/mol. The second kappa shape index (κ2) is 8.55. The first kappa shape index (κ1) is 23.7. The number of pyridine rings is 1. The van der Waals surface area contributed by atoms with Crippen molar-refractivity contribution in [2.24, 2.45) is 0 Å². The van der Waals surface area contributed by atoms with Gasteiger partial charge in [-0.3, -0.25) is 9.59 Å². The number of esters is 2. The summed E-state index contributed by atoms with van der Waals surface area (Å²) >= 11 is 0. The third-order valence-electron chi connectivity index (χ3n) is 6.49. The predicted molar refractivity (Wildman–Crippen MR) is 135 cm³/mol. The maximum atomic E-state index is 12.2. The molecule has 0 spiro atoms. The van der Waals surface area contributed by atoms with E-state index >= 15 is 0 Å². The fraction of sp³-hybridized carbons (Fsp3) is 0.321. The molecule has 4 aromatic rings. The molecule has 1 aliphatic rings. The number of ether oxygens (including phenoxy) is 5. The Balaban J connectivity index is 1.94. The Kier molecular flexibility index (Phi) is 5.62. The Bertz CT molecular complexity index is 1540. The largest absolute Gasteiger partial charge is 0.496 e. The molecule has 0 fully saturated rings. The Morgan fingerprint density at radius 2 is 1.67 bits per heavy atom. The monoisotopic (exact) mass is 489 g/mol. The number of carbonyl (C=O) groups is 2. The summed E-state index contributed by atoms with van der Waals surface area (Å²) in [6.07, 6.45) is -1.88. The maximum absolute atomic E-state index is 12.2. The normalized spacial score (nSPS) is 18.4. The van der Waals surface area contributed by atoms with Crippen molar-refractivity contribution in [2.45, 2.75) is 45.5 Å². The molecule has 0 saturated heterocycles. The lowest BCUT2D eigenvalue weighted by atomic mass is 9.86. The van der Waals surface area contributed by atoms with Crippen molar-refractivity contribution in [2.75, 3.05) is 14.2 Å². The van der Waals surface area contributed by atoms with Crippen LogP contribution < -0.4 is 14.2 Å². The first-order valence-electron chi connectivity index (χ1n) is 11.6. The zero-order valence-corrected chi connectivity index (χ0v) is 21.0. The zero-order valence-electron chi connectivity index (χ0n) is 21.0. The highest BCUT2D eigenvalue weighted by Crippen LogP contribution is 2.52. The van der Waals surface area contributed by atoms with E-state index < -0.39 is 29.7 Å². The smallest absolute Gasteiger partial charge is 0.303 e. The predicted octanol–water partition coefficient (Wildman–Crippen LogP) is 5.27. The van der Waals surface area contributed by atoms with Gasteiger partial charge in [0, 0.05) is 19.9 Å². The van der Waals surface area contributed by atoms with Crippen molar-refractivity contribution in [3.8, 4) is 17.2 Å². The van der Waals surface area contributed by atoms with Crippen molar-refractivity contribution in [1.82, 2.24) is 4.98 Å². The van der Waals surface area contributed by atoms with Crippen LogP contribution >= 0.6 is 0 Å². The van der Waals surface area contributed by atoms with Crippen LogP contribution in [0.15, 0.2) is 42.5 Å². The third kappa shape index (κ3) is 3.64. The fourth-order valence-electron chi connectivity index (χ4n) is 5.07. The molecule has 186 valence electrons. The highest BCUT2D eigenvalue weighted by molar-refractivity contribution is 6.16. The van der Waals surface area contributed by atoms with Crippen molar-refractivity contribution in [3.63, 3.8) is 0 Å². The Morgan fingerprint density at radius 1 is 0.944 bits per heavy atom. The van der Waals surface area contributed by atoms with Crippen LogP contribution in [0, 0.1) is 0 Å². The van der Waals surface area contributed by atoms with Gasteiger partial charge in [0.2, 0.25) is 0 Å².